The number of carbonyl (C=O) groups is 2. The van der Waals surface area contributed by atoms with Crippen molar-refractivity contribution in [1.29, 1.82) is 0 Å². The van der Waals surface area contributed by atoms with Gasteiger partial charge in [0.1, 0.15) is 0 Å². The van der Waals surface area contributed by atoms with Crippen molar-refractivity contribution >= 4 is 27.9 Å². The van der Waals surface area contributed by atoms with Crippen LogP contribution in [0, 0.1) is 6.92 Å². The van der Waals surface area contributed by atoms with E-state index >= 15 is 0 Å². The number of hydrogen-bond donors (Lipinski definition) is 3. The van der Waals surface area contributed by atoms with Gasteiger partial charge in [0, 0.05) is 23.1 Å². The number of carboxylic acid groups (broad SMARTS) is 1. The van der Waals surface area contributed by atoms with Crippen molar-refractivity contribution in [3.05, 3.63) is 33.8 Å². The maximum atomic E-state index is 12.0. The number of aryl methyl sites for hydroxylation is 1. The van der Waals surface area contributed by atoms with Gasteiger partial charge in [-0.1, -0.05) is 28.9 Å². The van der Waals surface area contributed by atoms with E-state index in [-0.39, 0.29) is 24.7 Å². The molecule has 0 aliphatic heterocycles. The topological polar surface area (TPSA) is 81.7 Å². The van der Waals surface area contributed by atoms with Crippen LogP contribution in [-0.2, 0) is 11.3 Å². The third-order valence-corrected chi connectivity index (χ3v) is 4.95. The molecule has 1 saturated carbocycles. The van der Waals surface area contributed by atoms with Crippen LogP contribution in [0.25, 0.3) is 0 Å². The van der Waals surface area contributed by atoms with Crippen molar-refractivity contribution in [2.24, 2.45) is 0 Å². The van der Waals surface area contributed by atoms with E-state index in [2.05, 4.69) is 26.6 Å². The minimum Gasteiger partial charge on any atom is -0.480 e. The van der Waals surface area contributed by atoms with Crippen molar-refractivity contribution in [2.45, 2.75) is 45.3 Å². The Morgan fingerprint density at radius 3 is 2.67 bits per heavy atom. The minimum atomic E-state index is -0.809. The first-order valence-corrected chi connectivity index (χ1v) is 8.93. The van der Waals surface area contributed by atoms with Crippen LogP contribution < -0.4 is 10.6 Å². The molecule has 0 radical (unpaired) electrons. The monoisotopic (exact) mass is 397 g/mol. The number of amides is 2. The van der Waals surface area contributed by atoms with Crippen LogP contribution in [0.5, 0.6) is 0 Å². The second-order valence-electron chi connectivity index (χ2n) is 6.18. The molecule has 6 nitrogen and oxygen atoms in total. The molecule has 2 amide bonds. The molecule has 3 N–H and O–H groups in total. The zero-order valence-corrected chi connectivity index (χ0v) is 15.6. The number of halogens is 1. The molecule has 0 atom stereocenters. The molecule has 24 heavy (non-hydrogen) atoms. The Kier molecular flexibility index (Phi) is 6.62. The molecular formula is C17H24BrN3O3. The van der Waals surface area contributed by atoms with E-state index < -0.39 is 5.97 Å². The van der Waals surface area contributed by atoms with Crippen LogP contribution in [0.4, 0.5) is 4.79 Å². The summed E-state index contributed by atoms with van der Waals surface area (Å²) in [5.74, 6) is -0.809. The highest BCUT2D eigenvalue weighted by atomic mass is 79.9. The van der Waals surface area contributed by atoms with Gasteiger partial charge in [-0.05, 0) is 49.6 Å². The largest absolute Gasteiger partial charge is 0.480 e. The molecule has 1 fully saturated rings. The second-order valence-corrected chi connectivity index (χ2v) is 7.09. The lowest BCUT2D eigenvalue weighted by Gasteiger charge is -2.42. The average Bonchev–Trinajstić information content (AvgIpc) is 2.47. The van der Waals surface area contributed by atoms with Gasteiger partial charge >= 0.3 is 12.0 Å². The van der Waals surface area contributed by atoms with E-state index in [0.29, 0.717) is 13.1 Å². The number of likely N-dealkylation sites (N-methyl/N-ethyl adjacent to an activating group) is 1. The Morgan fingerprint density at radius 1 is 1.38 bits per heavy atom. The predicted molar refractivity (Wildman–Crippen MR) is 95.9 cm³/mol. The second kappa shape index (κ2) is 8.48. The van der Waals surface area contributed by atoms with Crippen LogP contribution in [0.1, 0.15) is 30.9 Å². The van der Waals surface area contributed by atoms with Crippen LogP contribution >= 0.6 is 15.9 Å². The highest BCUT2D eigenvalue weighted by Crippen LogP contribution is 2.25. The normalized spacial score (nSPS) is 19.7. The number of benzene rings is 1. The van der Waals surface area contributed by atoms with Gasteiger partial charge in [-0.25, -0.2) is 4.79 Å². The highest BCUT2D eigenvalue weighted by molar-refractivity contribution is 9.10. The summed E-state index contributed by atoms with van der Waals surface area (Å²) in [4.78, 5) is 24.7. The highest BCUT2D eigenvalue weighted by Gasteiger charge is 2.34. The van der Waals surface area contributed by atoms with Gasteiger partial charge in [-0.15, -0.1) is 0 Å². The van der Waals surface area contributed by atoms with Crippen LogP contribution in [0.15, 0.2) is 22.7 Å². The fourth-order valence-corrected chi connectivity index (χ4v) is 3.42. The Hall–Kier alpha value is -1.60. The lowest BCUT2D eigenvalue weighted by Crippen LogP contribution is -2.56. The number of hydrogen-bond acceptors (Lipinski definition) is 3. The van der Waals surface area contributed by atoms with Gasteiger partial charge in [0.15, 0.2) is 0 Å². The molecule has 1 aliphatic rings. The van der Waals surface area contributed by atoms with Gasteiger partial charge in [0.25, 0.3) is 0 Å². The van der Waals surface area contributed by atoms with E-state index in [4.69, 9.17) is 5.11 Å². The van der Waals surface area contributed by atoms with E-state index in [1.54, 1.807) is 0 Å². The zero-order chi connectivity index (χ0) is 17.7. The fourth-order valence-electron chi connectivity index (χ4n) is 2.95. The first kappa shape index (κ1) is 18.7. The standard InChI is InChI=1S/C17H24BrN3O3/c1-3-21(10-16(22)23)15-7-14(8-15)20-17(24)19-9-12-4-5-13(18)6-11(12)2/h4-6,14-15H,3,7-10H2,1-2H3,(H,22,23)(H2,19,20,24). The number of urea groups is 1. The lowest BCUT2D eigenvalue weighted by atomic mass is 9.85. The Labute approximate surface area is 150 Å². The molecule has 0 saturated heterocycles. The molecule has 0 spiro atoms. The molecule has 132 valence electrons. The van der Waals surface area contributed by atoms with Gasteiger partial charge in [0.2, 0.25) is 0 Å². The molecule has 0 aromatic heterocycles. The number of carboxylic acids is 1. The van der Waals surface area contributed by atoms with Crippen molar-refractivity contribution in [1.82, 2.24) is 15.5 Å². The van der Waals surface area contributed by atoms with Crippen molar-refractivity contribution in [3.8, 4) is 0 Å². The summed E-state index contributed by atoms with van der Waals surface area (Å²) in [6.07, 6.45) is 1.59. The van der Waals surface area contributed by atoms with Crippen molar-refractivity contribution in [2.75, 3.05) is 13.1 Å². The molecule has 1 aliphatic carbocycles. The molecule has 0 unspecified atom stereocenters. The number of nitrogens with one attached hydrogen (secondary N) is 2. The molecular weight excluding hydrogens is 374 g/mol. The van der Waals surface area contributed by atoms with Crippen molar-refractivity contribution in [3.63, 3.8) is 0 Å². The SMILES string of the molecule is CCN(CC(=O)O)C1CC(NC(=O)NCc2ccc(Br)cc2C)C1. The summed E-state index contributed by atoms with van der Waals surface area (Å²) in [5.41, 5.74) is 2.21. The molecule has 1 aromatic carbocycles. The summed E-state index contributed by atoms with van der Waals surface area (Å²) < 4.78 is 1.02. The van der Waals surface area contributed by atoms with E-state index in [1.807, 2.05) is 36.9 Å². The first-order chi connectivity index (χ1) is 11.4. The maximum Gasteiger partial charge on any atom is 0.317 e. The summed E-state index contributed by atoms with van der Waals surface area (Å²) in [5, 5.41) is 14.7. The van der Waals surface area contributed by atoms with Gasteiger partial charge in [0.05, 0.1) is 6.54 Å². The first-order valence-electron chi connectivity index (χ1n) is 8.14. The molecule has 7 heteroatoms. The lowest BCUT2D eigenvalue weighted by molar-refractivity contribution is -0.139. The van der Waals surface area contributed by atoms with Gasteiger partial charge in [-0.2, -0.15) is 0 Å². The van der Waals surface area contributed by atoms with Gasteiger partial charge < -0.3 is 15.7 Å². The summed E-state index contributed by atoms with van der Waals surface area (Å²) in [7, 11) is 0. The molecule has 1 aromatic rings. The third-order valence-electron chi connectivity index (χ3n) is 4.45. The average molecular weight is 398 g/mol. The van der Waals surface area contributed by atoms with E-state index in [0.717, 1.165) is 28.4 Å². The van der Waals surface area contributed by atoms with Gasteiger partial charge in [-0.3, -0.25) is 9.69 Å². The zero-order valence-electron chi connectivity index (χ0n) is 14.0. The van der Waals surface area contributed by atoms with Crippen LogP contribution in [0.3, 0.4) is 0 Å². The minimum absolute atomic E-state index is 0.0585. The maximum absolute atomic E-state index is 12.0. The number of carbonyl (C=O) groups excluding carboxylic acids is 1. The Bertz CT molecular complexity index is 603. The fraction of sp³-hybridized carbons (Fsp3) is 0.529. The Morgan fingerprint density at radius 2 is 2.08 bits per heavy atom. The number of aliphatic carboxylic acids is 1. The predicted octanol–water partition coefficient (Wildman–Crippen LogP) is 2.49. The molecule has 2 rings (SSSR count). The quantitative estimate of drug-likeness (QED) is 0.659. The Balaban J connectivity index is 1.72. The summed E-state index contributed by atoms with van der Waals surface area (Å²) in [6, 6.07) is 6.15. The van der Waals surface area contributed by atoms with Crippen LogP contribution in [-0.4, -0.2) is 47.2 Å². The van der Waals surface area contributed by atoms with E-state index in [9.17, 15) is 9.59 Å². The smallest absolute Gasteiger partial charge is 0.317 e. The summed E-state index contributed by atoms with van der Waals surface area (Å²) in [6.45, 7) is 5.22. The van der Waals surface area contributed by atoms with Crippen LogP contribution in [0.2, 0.25) is 0 Å². The molecule has 0 bridgehead atoms. The number of nitrogens with zero attached hydrogens (tertiary/aromatic N) is 1. The van der Waals surface area contributed by atoms with Crippen molar-refractivity contribution < 1.29 is 14.7 Å². The number of rotatable bonds is 7. The molecule has 0 heterocycles. The van der Waals surface area contributed by atoms with E-state index in [1.165, 1.54) is 0 Å². The summed E-state index contributed by atoms with van der Waals surface area (Å²) >= 11 is 3.42. The third kappa shape index (κ3) is 5.21.